The third-order valence-corrected chi connectivity index (χ3v) is 7.06. The van der Waals surface area contributed by atoms with E-state index in [0.717, 1.165) is 0 Å². The molecule has 0 aromatic heterocycles. The topological polar surface area (TPSA) is 101 Å². The normalized spacial score (nSPS) is 44.1. The molecule has 150 valence electrons. The lowest BCUT2D eigenvalue weighted by Gasteiger charge is -2.65. The molecule has 6 bridgehead atoms. The summed E-state index contributed by atoms with van der Waals surface area (Å²) in [5, 5.41) is 11.4. The number of benzene rings is 1. The lowest BCUT2D eigenvalue weighted by atomic mass is 9.41. The van der Waals surface area contributed by atoms with Crippen LogP contribution in [0.5, 0.6) is 5.75 Å². The van der Waals surface area contributed by atoms with Gasteiger partial charge in [-0.15, -0.1) is 0 Å². The molecule has 3 aliphatic carbocycles. The van der Waals surface area contributed by atoms with E-state index in [1.807, 2.05) is 0 Å². The van der Waals surface area contributed by atoms with Gasteiger partial charge in [-0.3, -0.25) is 4.79 Å². The second-order valence-electron chi connectivity index (χ2n) is 8.34. The van der Waals surface area contributed by atoms with Crippen molar-refractivity contribution in [2.24, 2.45) is 11.3 Å². The number of hydrogen-bond acceptors (Lipinski definition) is 8. The van der Waals surface area contributed by atoms with Gasteiger partial charge in [0.05, 0.1) is 18.1 Å². The fourth-order valence-corrected chi connectivity index (χ4v) is 5.75. The molecular formula is C20H22O8. The van der Waals surface area contributed by atoms with Crippen LogP contribution in [0.25, 0.3) is 0 Å². The van der Waals surface area contributed by atoms with E-state index in [1.54, 1.807) is 38.3 Å². The summed E-state index contributed by atoms with van der Waals surface area (Å²) >= 11 is 0. The number of carbonyl (C=O) groups excluding carboxylic acids is 2. The van der Waals surface area contributed by atoms with Gasteiger partial charge in [0, 0.05) is 19.3 Å². The smallest absolute Gasteiger partial charge is 0.338 e. The minimum absolute atomic E-state index is 0.0811. The van der Waals surface area contributed by atoms with Crippen LogP contribution < -0.4 is 4.74 Å². The largest absolute Gasteiger partial charge is 0.497 e. The number of aliphatic hydroxyl groups is 1. The van der Waals surface area contributed by atoms with Crippen LogP contribution in [-0.2, 0) is 23.7 Å². The molecular weight excluding hydrogens is 368 g/mol. The Labute approximate surface area is 161 Å². The standard InChI is InChI=1S/C20H22O8/c1-11(21)26-19-9-17(2)20(23)8-14(19)18(20,16(27-17)28-19)10-25-15(22)12-4-6-13(24-3)7-5-12/h4-7,14,16,23H,8-10H2,1-3H3. The van der Waals surface area contributed by atoms with Crippen LogP contribution in [0.2, 0.25) is 0 Å². The van der Waals surface area contributed by atoms with E-state index in [2.05, 4.69) is 0 Å². The zero-order valence-electron chi connectivity index (χ0n) is 15.9. The summed E-state index contributed by atoms with van der Waals surface area (Å²) in [7, 11) is 1.55. The van der Waals surface area contributed by atoms with Gasteiger partial charge < -0.3 is 28.8 Å². The molecule has 1 aromatic carbocycles. The van der Waals surface area contributed by atoms with E-state index in [9.17, 15) is 14.7 Å². The molecule has 3 saturated carbocycles. The van der Waals surface area contributed by atoms with Crippen LogP contribution in [0, 0.1) is 11.3 Å². The molecule has 3 heterocycles. The first-order chi connectivity index (χ1) is 13.2. The predicted octanol–water partition coefficient (Wildman–Crippen LogP) is 1.40. The van der Waals surface area contributed by atoms with E-state index >= 15 is 0 Å². The SMILES string of the molecule is COc1ccc(C(=O)OCC23C4OC5(OC(C)=O)CC(C)(O4)C2(O)CC53)cc1. The van der Waals surface area contributed by atoms with Gasteiger partial charge in [-0.1, -0.05) is 0 Å². The summed E-state index contributed by atoms with van der Waals surface area (Å²) in [5.74, 6) is -1.77. The molecule has 6 unspecified atom stereocenters. The number of methoxy groups -OCH3 is 1. The highest BCUT2D eigenvalue weighted by atomic mass is 16.8. The summed E-state index contributed by atoms with van der Waals surface area (Å²) in [6.07, 6.45) is -0.170. The molecule has 0 radical (unpaired) electrons. The molecule has 6 aliphatic rings. The average molecular weight is 390 g/mol. The van der Waals surface area contributed by atoms with Crippen LogP contribution >= 0.6 is 0 Å². The first-order valence-electron chi connectivity index (χ1n) is 9.28. The maximum absolute atomic E-state index is 12.5. The van der Waals surface area contributed by atoms with Crippen molar-refractivity contribution in [2.75, 3.05) is 13.7 Å². The number of esters is 2. The van der Waals surface area contributed by atoms with Gasteiger partial charge in [-0.05, 0) is 37.6 Å². The van der Waals surface area contributed by atoms with Gasteiger partial charge in [0.2, 0.25) is 5.79 Å². The lowest BCUT2D eigenvalue weighted by Crippen LogP contribution is -2.79. The molecule has 1 N–H and O–H groups in total. The minimum atomic E-state index is -1.20. The first-order valence-corrected chi connectivity index (χ1v) is 9.28. The van der Waals surface area contributed by atoms with Crippen molar-refractivity contribution in [1.82, 2.24) is 0 Å². The Balaban J connectivity index is 1.41. The Hall–Kier alpha value is -2.16. The van der Waals surface area contributed by atoms with Crippen molar-refractivity contribution in [3.8, 4) is 5.75 Å². The Morgan fingerprint density at radius 3 is 2.61 bits per heavy atom. The maximum atomic E-state index is 12.5. The Morgan fingerprint density at radius 2 is 1.96 bits per heavy atom. The zero-order chi connectivity index (χ0) is 19.9. The highest BCUT2D eigenvalue weighted by Gasteiger charge is 2.94. The van der Waals surface area contributed by atoms with E-state index < -0.39 is 40.6 Å². The van der Waals surface area contributed by atoms with Crippen molar-refractivity contribution in [3.63, 3.8) is 0 Å². The minimum Gasteiger partial charge on any atom is -0.497 e. The first kappa shape index (κ1) is 17.9. The molecule has 8 nitrogen and oxygen atoms in total. The van der Waals surface area contributed by atoms with Crippen LogP contribution in [0.15, 0.2) is 24.3 Å². The molecule has 7 rings (SSSR count). The maximum Gasteiger partial charge on any atom is 0.338 e. The fraction of sp³-hybridized carbons (Fsp3) is 0.600. The molecule has 3 saturated heterocycles. The molecule has 8 heteroatoms. The number of hydrogen-bond donors (Lipinski definition) is 1. The average Bonchev–Trinajstić information content (AvgIpc) is 2.84. The molecule has 6 fully saturated rings. The van der Waals surface area contributed by atoms with Gasteiger partial charge in [0.1, 0.15) is 23.6 Å². The highest BCUT2D eigenvalue weighted by Crippen LogP contribution is 2.81. The lowest BCUT2D eigenvalue weighted by molar-refractivity contribution is -0.384. The summed E-state index contributed by atoms with van der Waals surface area (Å²) < 4.78 is 28.2. The number of rotatable bonds is 5. The Bertz CT molecular complexity index is 867. The van der Waals surface area contributed by atoms with Crippen LogP contribution in [0.3, 0.4) is 0 Å². The van der Waals surface area contributed by atoms with Crippen molar-refractivity contribution in [3.05, 3.63) is 29.8 Å². The van der Waals surface area contributed by atoms with E-state index in [0.29, 0.717) is 17.7 Å². The summed E-state index contributed by atoms with van der Waals surface area (Å²) in [5.41, 5.74) is -2.70. The third-order valence-electron chi connectivity index (χ3n) is 7.06. The molecule has 28 heavy (non-hydrogen) atoms. The number of ether oxygens (including phenoxy) is 5. The van der Waals surface area contributed by atoms with Crippen LogP contribution in [-0.4, -0.2) is 54.0 Å². The molecule has 0 amide bonds. The van der Waals surface area contributed by atoms with Gasteiger partial charge >= 0.3 is 11.9 Å². The predicted molar refractivity (Wildman–Crippen MR) is 92.2 cm³/mol. The Morgan fingerprint density at radius 1 is 1.25 bits per heavy atom. The molecule has 1 aromatic rings. The van der Waals surface area contributed by atoms with Gasteiger partial charge in [0.25, 0.3) is 0 Å². The van der Waals surface area contributed by atoms with Gasteiger partial charge in [0.15, 0.2) is 6.29 Å². The quantitative estimate of drug-likeness (QED) is 0.753. The van der Waals surface area contributed by atoms with E-state index in [1.165, 1.54) is 6.92 Å². The monoisotopic (exact) mass is 390 g/mol. The molecule has 3 aliphatic heterocycles. The van der Waals surface area contributed by atoms with Crippen LogP contribution in [0.1, 0.15) is 37.0 Å². The van der Waals surface area contributed by atoms with Crippen molar-refractivity contribution in [1.29, 1.82) is 0 Å². The third kappa shape index (κ3) is 1.86. The van der Waals surface area contributed by atoms with Crippen molar-refractivity contribution in [2.45, 2.75) is 50.0 Å². The summed E-state index contributed by atoms with van der Waals surface area (Å²) in [6, 6.07) is 6.57. The second-order valence-corrected chi connectivity index (χ2v) is 8.34. The zero-order valence-corrected chi connectivity index (χ0v) is 15.9. The van der Waals surface area contributed by atoms with Crippen LogP contribution in [0.4, 0.5) is 0 Å². The fourth-order valence-electron chi connectivity index (χ4n) is 5.75. The summed E-state index contributed by atoms with van der Waals surface area (Å²) in [6.45, 7) is 3.04. The van der Waals surface area contributed by atoms with E-state index in [-0.39, 0.29) is 18.9 Å². The Kier molecular flexibility index (Phi) is 3.36. The molecule has 6 atom stereocenters. The van der Waals surface area contributed by atoms with Crippen molar-refractivity contribution < 1.29 is 38.4 Å². The second kappa shape index (κ2) is 5.25. The van der Waals surface area contributed by atoms with Gasteiger partial charge in [-0.2, -0.15) is 0 Å². The van der Waals surface area contributed by atoms with Crippen molar-refractivity contribution >= 4 is 11.9 Å². The summed E-state index contributed by atoms with van der Waals surface area (Å²) in [4.78, 5) is 24.2. The number of carbonyl (C=O) groups is 2. The van der Waals surface area contributed by atoms with E-state index in [4.69, 9.17) is 23.7 Å². The van der Waals surface area contributed by atoms with Gasteiger partial charge in [-0.25, -0.2) is 4.79 Å². The highest BCUT2D eigenvalue weighted by molar-refractivity contribution is 5.89. The molecule has 0 spiro atoms.